The normalized spacial score (nSPS) is 12.5. The van der Waals surface area contributed by atoms with Crippen LogP contribution in [0.25, 0.3) is 0 Å². The van der Waals surface area contributed by atoms with Gasteiger partial charge in [-0.1, -0.05) is 0 Å². The number of carbonyl (C=O) groups is 1. The average Bonchev–Trinajstić information content (AvgIpc) is 2.17. The van der Waals surface area contributed by atoms with E-state index in [1.165, 1.54) is 18.3 Å². The molecule has 5 N–H and O–H groups in total. The lowest BCUT2D eigenvalue weighted by Gasteiger charge is -2.07. The van der Waals surface area contributed by atoms with Gasteiger partial charge in [0.15, 0.2) is 0 Å². The molecule has 0 amide bonds. The average molecular weight is 181 g/mol. The van der Waals surface area contributed by atoms with Gasteiger partial charge in [0.2, 0.25) is 0 Å². The highest BCUT2D eigenvalue weighted by molar-refractivity contribution is 5.87. The molecule has 1 unspecified atom stereocenters. The Morgan fingerprint density at radius 1 is 1.69 bits per heavy atom. The lowest BCUT2D eigenvalue weighted by Crippen LogP contribution is -2.22. The van der Waals surface area contributed by atoms with Crippen molar-refractivity contribution in [2.45, 2.75) is 6.04 Å². The lowest BCUT2D eigenvalue weighted by atomic mass is 10.1. The third kappa shape index (κ3) is 2.24. The quantitative estimate of drug-likeness (QED) is 0.596. The summed E-state index contributed by atoms with van der Waals surface area (Å²) in [6.07, 6.45) is 1.41. The first-order valence-corrected chi connectivity index (χ1v) is 3.80. The van der Waals surface area contributed by atoms with Crippen LogP contribution in [0.4, 0.5) is 0 Å². The maximum Gasteiger partial charge on any atom is 0.335 e. The molecule has 1 heterocycles. The topological polar surface area (TPSA) is 102 Å². The summed E-state index contributed by atoms with van der Waals surface area (Å²) in [7, 11) is 0. The van der Waals surface area contributed by atoms with Gasteiger partial charge >= 0.3 is 5.97 Å². The summed E-state index contributed by atoms with van der Waals surface area (Å²) in [4.78, 5) is 14.5. The first-order valence-electron chi connectivity index (χ1n) is 3.80. The molecule has 0 saturated heterocycles. The zero-order chi connectivity index (χ0) is 9.84. The van der Waals surface area contributed by atoms with E-state index in [2.05, 4.69) is 4.98 Å². The Hall–Kier alpha value is -1.46. The fourth-order valence-electron chi connectivity index (χ4n) is 0.905. The minimum absolute atomic E-state index is 0.175. The molecule has 5 nitrogen and oxygen atoms in total. The van der Waals surface area contributed by atoms with E-state index < -0.39 is 12.0 Å². The molecule has 1 aromatic rings. The molecule has 5 heteroatoms. The fraction of sp³-hybridized carbons (Fsp3) is 0.250. The van der Waals surface area contributed by atoms with Gasteiger partial charge in [0.05, 0.1) is 17.3 Å². The predicted octanol–water partition coefficient (Wildman–Crippen LogP) is -0.262. The number of aromatic carboxylic acids is 1. The Balaban J connectivity index is 2.98. The molecule has 0 aromatic carbocycles. The van der Waals surface area contributed by atoms with E-state index in [0.29, 0.717) is 5.69 Å². The fourth-order valence-corrected chi connectivity index (χ4v) is 0.905. The van der Waals surface area contributed by atoms with E-state index in [1.54, 1.807) is 0 Å². The summed E-state index contributed by atoms with van der Waals surface area (Å²) in [6, 6.07) is 2.44. The van der Waals surface area contributed by atoms with Crippen molar-refractivity contribution in [2.24, 2.45) is 11.5 Å². The van der Waals surface area contributed by atoms with Crippen LogP contribution >= 0.6 is 0 Å². The van der Waals surface area contributed by atoms with Crippen LogP contribution in [0.3, 0.4) is 0 Å². The van der Waals surface area contributed by atoms with Crippen LogP contribution in [0.1, 0.15) is 22.1 Å². The Labute approximate surface area is 75.4 Å². The second kappa shape index (κ2) is 3.97. The van der Waals surface area contributed by atoms with Crippen molar-refractivity contribution >= 4 is 5.97 Å². The van der Waals surface area contributed by atoms with E-state index >= 15 is 0 Å². The molecule has 0 saturated carbocycles. The van der Waals surface area contributed by atoms with E-state index in [-0.39, 0.29) is 12.1 Å². The van der Waals surface area contributed by atoms with Gasteiger partial charge in [-0.3, -0.25) is 4.98 Å². The van der Waals surface area contributed by atoms with Crippen LogP contribution in [0.2, 0.25) is 0 Å². The van der Waals surface area contributed by atoms with Crippen LogP contribution in [0.5, 0.6) is 0 Å². The molecule has 1 rings (SSSR count). The number of rotatable bonds is 3. The van der Waals surface area contributed by atoms with E-state index in [0.717, 1.165) is 0 Å². The molecular weight excluding hydrogens is 170 g/mol. The van der Waals surface area contributed by atoms with Crippen molar-refractivity contribution in [1.29, 1.82) is 0 Å². The van der Waals surface area contributed by atoms with Gasteiger partial charge in [-0.25, -0.2) is 4.79 Å². The van der Waals surface area contributed by atoms with Crippen LogP contribution in [0.15, 0.2) is 18.3 Å². The first kappa shape index (κ1) is 9.63. The zero-order valence-electron chi connectivity index (χ0n) is 6.97. The highest BCUT2D eigenvalue weighted by atomic mass is 16.4. The predicted molar refractivity (Wildman–Crippen MR) is 47.2 cm³/mol. The molecule has 0 spiro atoms. The Morgan fingerprint density at radius 2 is 2.38 bits per heavy atom. The highest BCUT2D eigenvalue weighted by Gasteiger charge is 2.08. The first-order chi connectivity index (χ1) is 6.15. The lowest BCUT2D eigenvalue weighted by molar-refractivity contribution is 0.0696. The smallest absolute Gasteiger partial charge is 0.335 e. The van der Waals surface area contributed by atoms with E-state index in [4.69, 9.17) is 16.6 Å². The minimum atomic E-state index is -0.993. The zero-order valence-corrected chi connectivity index (χ0v) is 6.97. The molecule has 70 valence electrons. The number of nitrogens with zero attached hydrogens (tertiary/aromatic N) is 1. The minimum Gasteiger partial charge on any atom is -0.478 e. The Bertz CT molecular complexity index is 314. The number of carboxylic acids is 1. The molecular formula is C8H11N3O2. The second-order valence-corrected chi connectivity index (χ2v) is 2.62. The molecule has 0 radical (unpaired) electrons. The molecule has 1 aromatic heterocycles. The Morgan fingerprint density at radius 3 is 2.92 bits per heavy atom. The molecule has 0 aliphatic heterocycles. The van der Waals surface area contributed by atoms with Gasteiger partial charge in [0, 0.05) is 12.7 Å². The second-order valence-electron chi connectivity index (χ2n) is 2.62. The molecule has 1 atom stereocenters. The molecule has 0 fully saturated rings. The molecule has 0 bridgehead atoms. The van der Waals surface area contributed by atoms with Crippen molar-refractivity contribution in [1.82, 2.24) is 4.98 Å². The van der Waals surface area contributed by atoms with Crippen LogP contribution in [-0.4, -0.2) is 22.6 Å². The number of nitrogens with two attached hydrogens (primary N) is 2. The molecule has 0 aliphatic rings. The van der Waals surface area contributed by atoms with Crippen molar-refractivity contribution in [3.8, 4) is 0 Å². The maximum absolute atomic E-state index is 10.6. The summed E-state index contributed by atoms with van der Waals surface area (Å²) in [6.45, 7) is 0.246. The van der Waals surface area contributed by atoms with Crippen molar-refractivity contribution in [3.05, 3.63) is 29.6 Å². The molecule has 13 heavy (non-hydrogen) atoms. The van der Waals surface area contributed by atoms with Crippen LogP contribution in [0, 0.1) is 0 Å². The Kier molecular flexibility index (Phi) is 2.94. The van der Waals surface area contributed by atoms with Gasteiger partial charge in [-0.05, 0) is 12.1 Å². The summed E-state index contributed by atoms with van der Waals surface area (Å²) in [5.74, 6) is -0.993. The summed E-state index contributed by atoms with van der Waals surface area (Å²) in [5, 5.41) is 8.66. The van der Waals surface area contributed by atoms with Crippen molar-refractivity contribution in [3.63, 3.8) is 0 Å². The maximum atomic E-state index is 10.6. The largest absolute Gasteiger partial charge is 0.478 e. The number of hydrogen-bond donors (Lipinski definition) is 3. The number of carboxylic acid groups (broad SMARTS) is 1. The number of aromatic nitrogens is 1. The third-order valence-electron chi connectivity index (χ3n) is 1.66. The van der Waals surface area contributed by atoms with E-state index in [1.807, 2.05) is 0 Å². The number of pyridine rings is 1. The summed E-state index contributed by atoms with van der Waals surface area (Å²) in [5.41, 5.74) is 11.6. The summed E-state index contributed by atoms with van der Waals surface area (Å²) < 4.78 is 0. The summed E-state index contributed by atoms with van der Waals surface area (Å²) >= 11 is 0. The van der Waals surface area contributed by atoms with Crippen LogP contribution in [-0.2, 0) is 0 Å². The van der Waals surface area contributed by atoms with Gasteiger partial charge in [0.25, 0.3) is 0 Å². The van der Waals surface area contributed by atoms with Gasteiger partial charge in [0.1, 0.15) is 0 Å². The van der Waals surface area contributed by atoms with Gasteiger partial charge in [-0.15, -0.1) is 0 Å². The standard InChI is InChI=1S/C8H11N3O2/c9-4-6(10)7-3-5(8(12)13)1-2-11-7/h1-3,6H,4,9-10H2,(H,12,13). The van der Waals surface area contributed by atoms with Gasteiger partial charge < -0.3 is 16.6 Å². The van der Waals surface area contributed by atoms with Gasteiger partial charge in [-0.2, -0.15) is 0 Å². The number of hydrogen-bond acceptors (Lipinski definition) is 4. The van der Waals surface area contributed by atoms with Crippen molar-refractivity contribution < 1.29 is 9.90 Å². The van der Waals surface area contributed by atoms with Crippen molar-refractivity contribution in [2.75, 3.05) is 6.54 Å². The third-order valence-corrected chi connectivity index (χ3v) is 1.66. The SMILES string of the molecule is NCC(N)c1cc(C(=O)O)ccn1. The highest BCUT2D eigenvalue weighted by Crippen LogP contribution is 2.07. The van der Waals surface area contributed by atoms with E-state index in [9.17, 15) is 4.79 Å². The monoisotopic (exact) mass is 181 g/mol. The molecule has 0 aliphatic carbocycles. The van der Waals surface area contributed by atoms with Crippen LogP contribution < -0.4 is 11.5 Å².